The Morgan fingerprint density at radius 2 is 0.791 bits per heavy atom. The second-order valence-electron chi connectivity index (χ2n) is 10.5. The molecule has 0 aliphatic carbocycles. The van der Waals surface area contributed by atoms with E-state index in [-0.39, 0.29) is 0 Å². The molecule has 8 aromatic rings. The van der Waals surface area contributed by atoms with Crippen molar-refractivity contribution in [3.8, 4) is 56.4 Å². The van der Waals surface area contributed by atoms with Crippen molar-refractivity contribution in [2.75, 3.05) is 0 Å². The highest BCUT2D eigenvalue weighted by molar-refractivity contribution is 7.26. The standard InChI is InChI=1S/C39H25N3S/c1-4-13-26(14-5-1)29-19-10-20-30(25-29)38-40-37(28-17-8-3-9-18-28)41-39(42-38)34-24-12-23-33-32-22-11-21-31(35(32)43-36(33)34)27-15-6-2-7-16-27/h1-25H. The van der Waals surface area contributed by atoms with Gasteiger partial charge in [-0.05, 0) is 34.4 Å². The van der Waals surface area contributed by atoms with Crippen molar-refractivity contribution in [2.24, 2.45) is 0 Å². The quantitative estimate of drug-likeness (QED) is 0.208. The van der Waals surface area contributed by atoms with E-state index in [0.717, 1.165) is 27.8 Å². The first-order valence-electron chi connectivity index (χ1n) is 14.3. The molecular formula is C39H25N3S. The fourth-order valence-corrected chi connectivity index (χ4v) is 7.00. The fraction of sp³-hybridized carbons (Fsp3) is 0. The third kappa shape index (κ3) is 4.68. The minimum Gasteiger partial charge on any atom is -0.208 e. The molecule has 0 fully saturated rings. The molecule has 0 N–H and O–H groups in total. The Morgan fingerprint density at radius 1 is 0.326 bits per heavy atom. The zero-order chi connectivity index (χ0) is 28.6. The van der Waals surface area contributed by atoms with E-state index in [1.54, 1.807) is 0 Å². The van der Waals surface area contributed by atoms with E-state index < -0.39 is 0 Å². The molecule has 0 aliphatic rings. The SMILES string of the molecule is c1ccc(-c2cccc(-c3nc(-c4ccccc4)nc(-c4cccc5c4sc4c(-c6ccccc6)cccc45)n3)c2)cc1. The maximum Gasteiger partial charge on any atom is 0.165 e. The van der Waals surface area contributed by atoms with Gasteiger partial charge in [0.25, 0.3) is 0 Å². The first-order valence-corrected chi connectivity index (χ1v) is 15.1. The largest absolute Gasteiger partial charge is 0.208 e. The van der Waals surface area contributed by atoms with Gasteiger partial charge < -0.3 is 0 Å². The zero-order valence-electron chi connectivity index (χ0n) is 23.2. The van der Waals surface area contributed by atoms with E-state index in [2.05, 4.69) is 127 Å². The average molecular weight is 568 g/mol. The molecule has 2 heterocycles. The summed E-state index contributed by atoms with van der Waals surface area (Å²) in [6.07, 6.45) is 0. The monoisotopic (exact) mass is 567 g/mol. The molecule has 0 spiro atoms. The van der Waals surface area contributed by atoms with Crippen molar-refractivity contribution in [3.63, 3.8) is 0 Å². The number of thiophene rings is 1. The van der Waals surface area contributed by atoms with Crippen molar-refractivity contribution in [2.45, 2.75) is 0 Å². The van der Waals surface area contributed by atoms with Crippen LogP contribution in [-0.4, -0.2) is 15.0 Å². The van der Waals surface area contributed by atoms with Crippen LogP contribution in [-0.2, 0) is 0 Å². The topological polar surface area (TPSA) is 38.7 Å². The highest BCUT2D eigenvalue weighted by atomic mass is 32.1. The molecule has 0 unspecified atom stereocenters. The first-order chi connectivity index (χ1) is 21.3. The normalized spacial score (nSPS) is 11.3. The minimum absolute atomic E-state index is 0.657. The van der Waals surface area contributed by atoms with Crippen molar-refractivity contribution in [3.05, 3.63) is 152 Å². The molecule has 0 saturated carbocycles. The summed E-state index contributed by atoms with van der Waals surface area (Å²) in [6, 6.07) is 52.6. The van der Waals surface area contributed by atoms with Crippen molar-refractivity contribution < 1.29 is 0 Å². The third-order valence-electron chi connectivity index (χ3n) is 7.75. The van der Waals surface area contributed by atoms with Gasteiger partial charge in [0.2, 0.25) is 0 Å². The molecule has 4 heteroatoms. The van der Waals surface area contributed by atoms with Crippen molar-refractivity contribution in [1.82, 2.24) is 15.0 Å². The van der Waals surface area contributed by atoms with Crippen LogP contribution in [0.2, 0.25) is 0 Å². The molecule has 2 aromatic heterocycles. The zero-order valence-corrected chi connectivity index (χ0v) is 24.0. The van der Waals surface area contributed by atoms with Gasteiger partial charge in [-0.25, -0.2) is 15.0 Å². The van der Waals surface area contributed by atoms with Gasteiger partial charge in [-0.2, -0.15) is 0 Å². The molecule has 0 saturated heterocycles. The van der Waals surface area contributed by atoms with Gasteiger partial charge in [-0.15, -0.1) is 11.3 Å². The Morgan fingerprint density at radius 3 is 1.47 bits per heavy atom. The molecule has 8 rings (SSSR count). The Balaban J connectivity index is 1.34. The lowest BCUT2D eigenvalue weighted by Crippen LogP contribution is -2.00. The smallest absolute Gasteiger partial charge is 0.165 e. The number of nitrogens with zero attached hydrogens (tertiary/aromatic N) is 3. The van der Waals surface area contributed by atoms with Crippen LogP contribution in [0.15, 0.2) is 152 Å². The Hall–Kier alpha value is -5.45. The summed E-state index contributed by atoms with van der Waals surface area (Å²) in [6.45, 7) is 0. The number of aromatic nitrogens is 3. The van der Waals surface area contributed by atoms with Crippen LogP contribution in [0.5, 0.6) is 0 Å². The van der Waals surface area contributed by atoms with E-state index in [1.165, 1.54) is 31.3 Å². The summed E-state index contributed by atoms with van der Waals surface area (Å²) in [7, 11) is 0. The number of benzene rings is 6. The molecule has 43 heavy (non-hydrogen) atoms. The van der Waals surface area contributed by atoms with Crippen LogP contribution in [0.4, 0.5) is 0 Å². The van der Waals surface area contributed by atoms with Crippen LogP contribution < -0.4 is 0 Å². The lowest BCUT2D eigenvalue weighted by atomic mass is 10.0. The minimum atomic E-state index is 0.657. The third-order valence-corrected chi connectivity index (χ3v) is 9.03. The lowest BCUT2D eigenvalue weighted by molar-refractivity contribution is 1.08. The van der Waals surface area contributed by atoms with Crippen LogP contribution in [0.1, 0.15) is 0 Å². The summed E-state index contributed by atoms with van der Waals surface area (Å²) in [5.41, 5.74) is 7.67. The van der Waals surface area contributed by atoms with Crippen molar-refractivity contribution >= 4 is 31.5 Å². The van der Waals surface area contributed by atoms with Gasteiger partial charge in [0.15, 0.2) is 17.5 Å². The molecule has 0 aliphatic heterocycles. The summed E-state index contributed by atoms with van der Waals surface area (Å²) >= 11 is 1.81. The van der Waals surface area contributed by atoms with Gasteiger partial charge >= 0.3 is 0 Å². The molecule has 3 nitrogen and oxygen atoms in total. The molecule has 202 valence electrons. The number of hydrogen-bond donors (Lipinski definition) is 0. The molecule has 0 atom stereocenters. The lowest BCUT2D eigenvalue weighted by Gasteiger charge is -2.10. The number of rotatable bonds is 5. The molecule has 0 radical (unpaired) electrons. The second-order valence-corrected chi connectivity index (χ2v) is 11.5. The Labute approximate surface area is 253 Å². The second kappa shape index (κ2) is 10.8. The summed E-state index contributed by atoms with van der Waals surface area (Å²) in [5.74, 6) is 1.99. The molecule has 6 aromatic carbocycles. The predicted molar refractivity (Wildman–Crippen MR) is 180 cm³/mol. The van der Waals surface area contributed by atoms with E-state index in [0.29, 0.717) is 17.5 Å². The molecule has 0 amide bonds. The van der Waals surface area contributed by atoms with Gasteiger partial charge in [0.1, 0.15) is 0 Å². The molecular weight excluding hydrogens is 543 g/mol. The van der Waals surface area contributed by atoms with Crippen LogP contribution >= 0.6 is 11.3 Å². The average Bonchev–Trinajstić information content (AvgIpc) is 3.48. The van der Waals surface area contributed by atoms with Crippen LogP contribution in [0.3, 0.4) is 0 Å². The van der Waals surface area contributed by atoms with Crippen LogP contribution in [0.25, 0.3) is 76.6 Å². The highest BCUT2D eigenvalue weighted by Gasteiger charge is 2.18. The van der Waals surface area contributed by atoms with E-state index >= 15 is 0 Å². The number of fused-ring (bicyclic) bond motifs is 3. The van der Waals surface area contributed by atoms with E-state index in [4.69, 9.17) is 15.0 Å². The summed E-state index contributed by atoms with van der Waals surface area (Å²) < 4.78 is 2.44. The van der Waals surface area contributed by atoms with Gasteiger partial charge in [0, 0.05) is 36.9 Å². The van der Waals surface area contributed by atoms with E-state index in [9.17, 15) is 0 Å². The highest BCUT2D eigenvalue weighted by Crippen LogP contribution is 2.43. The van der Waals surface area contributed by atoms with Crippen molar-refractivity contribution in [1.29, 1.82) is 0 Å². The molecule has 0 bridgehead atoms. The summed E-state index contributed by atoms with van der Waals surface area (Å²) in [4.78, 5) is 15.2. The number of hydrogen-bond acceptors (Lipinski definition) is 4. The predicted octanol–water partition coefficient (Wildman–Crippen LogP) is 10.6. The van der Waals surface area contributed by atoms with Gasteiger partial charge in [-0.1, -0.05) is 140 Å². The van der Waals surface area contributed by atoms with E-state index in [1.807, 2.05) is 35.6 Å². The van der Waals surface area contributed by atoms with Gasteiger partial charge in [0.05, 0.1) is 0 Å². The van der Waals surface area contributed by atoms with Crippen LogP contribution in [0, 0.1) is 0 Å². The van der Waals surface area contributed by atoms with Gasteiger partial charge in [-0.3, -0.25) is 0 Å². The first kappa shape index (κ1) is 25.3. The Bertz CT molecular complexity index is 2220. The maximum absolute atomic E-state index is 5.12. The summed E-state index contributed by atoms with van der Waals surface area (Å²) in [5, 5.41) is 2.46. The maximum atomic E-state index is 5.12. The fourth-order valence-electron chi connectivity index (χ4n) is 5.65. The Kier molecular flexibility index (Phi) is 6.32.